The number of carbonyl (C=O) groups is 1. The van der Waals surface area contributed by atoms with Crippen molar-refractivity contribution in [3.05, 3.63) is 52.3 Å². The van der Waals surface area contributed by atoms with Crippen molar-refractivity contribution in [2.45, 2.75) is 12.5 Å². The molecular formula is C15H21BrClN7O3. The lowest BCUT2D eigenvalue weighted by Gasteiger charge is -2.33. The minimum atomic E-state index is -0.864. The number of nitrogens with one attached hydrogen (secondary N) is 3. The van der Waals surface area contributed by atoms with Crippen LogP contribution in [0.1, 0.15) is 18.0 Å². The summed E-state index contributed by atoms with van der Waals surface area (Å²) in [6.07, 6.45) is 0.267. The highest BCUT2D eigenvalue weighted by Crippen LogP contribution is 2.23. The summed E-state index contributed by atoms with van der Waals surface area (Å²) in [6, 6.07) is 5.78. The maximum absolute atomic E-state index is 11.5. The highest BCUT2D eigenvalue weighted by atomic mass is 79.9. The van der Waals surface area contributed by atoms with Crippen LogP contribution in [0, 0.1) is 5.41 Å². The Morgan fingerprint density at radius 3 is 2.41 bits per heavy atom. The molecule has 11 N–H and O–H groups in total. The van der Waals surface area contributed by atoms with Crippen LogP contribution in [0.5, 0.6) is 5.75 Å². The fourth-order valence-corrected chi connectivity index (χ4v) is 2.57. The van der Waals surface area contributed by atoms with Crippen LogP contribution >= 0.6 is 28.6 Å². The van der Waals surface area contributed by atoms with Gasteiger partial charge >= 0.3 is 0 Å². The van der Waals surface area contributed by atoms with Crippen molar-refractivity contribution in [1.29, 1.82) is 5.41 Å². The molecule has 0 aliphatic carbocycles. The van der Waals surface area contributed by atoms with E-state index in [1.165, 1.54) is 12.1 Å². The number of guanidine groups is 1. The third-order valence-electron chi connectivity index (χ3n) is 3.69. The molecule has 0 bridgehead atoms. The lowest BCUT2D eigenvalue weighted by Crippen LogP contribution is -2.50. The first-order valence-corrected chi connectivity index (χ1v) is 7.90. The topological polar surface area (TPSA) is 187 Å². The van der Waals surface area contributed by atoms with Gasteiger partial charge in [0.25, 0.3) is 5.91 Å². The predicted molar refractivity (Wildman–Crippen MR) is 106 cm³/mol. The lowest BCUT2D eigenvalue weighted by atomic mass is 10.0. The zero-order chi connectivity index (χ0) is 19.4. The molecule has 0 saturated carbocycles. The maximum Gasteiger partial charge on any atom is 0.268 e. The van der Waals surface area contributed by atoms with Gasteiger partial charge in [0.05, 0.1) is 6.04 Å². The van der Waals surface area contributed by atoms with Gasteiger partial charge in [0.1, 0.15) is 28.2 Å². The zero-order valence-corrected chi connectivity index (χ0v) is 16.5. The van der Waals surface area contributed by atoms with Crippen LogP contribution in [0.4, 0.5) is 0 Å². The SMILES string of the molecule is Br.N=C(NC(CCO)c1ccc(O)cc1)N1C(N)=C(Cl)NC(C(N)=O)=C1N. The van der Waals surface area contributed by atoms with Crippen LogP contribution in [0.3, 0.4) is 0 Å². The Hall–Kier alpha value is -2.63. The average molecular weight is 463 g/mol. The average Bonchev–Trinajstić information content (AvgIpc) is 2.58. The molecule has 1 atom stereocenters. The van der Waals surface area contributed by atoms with E-state index in [-0.39, 0.29) is 64.2 Å². The Balaban J connectivity index is 0.00000364. The molecule has 0 saturated heterocycles. The number of hydrogen-bond acceptors (Lipinski definition) is 7. The second kappa shape index (κ2) is 9.35. The summed E-state index contributed by atoms with van der Waals surface area (Å²) in [5.74, 6) is -1.34. The molecule has 2 rings (SSSR count). The molecule has 0 radical (unpaired) electrons. The highest BCUT2D eigenvalue weighted by molar-refractivity contribution is 8.93. The quantitative estimate of drug-likeness (QED) is 0.167. The van der Waals surface area contributed by atoms with Gasteiger partial charge in [-0.2, -0.15) is 0 Å². The van der Waals surface area contributed by atoms with E-state index in [1.54, 1.807) is 12.1 Å². The summed E-state index contributed by atoms with van der Waals surface area (Å²) in [5, 5.41) is 32.2. The number of hydrogen-bond donors (Lipinski definition) is 8. The Morgan fingerprint density at radius 1 is 1.30 bits per heavy atom. The Morgan fingerprint density at radius 2 is 1.89 bits per heavy atom. The minimum Gasteiger partial charge on any atom is -0.508 e. The van der Waals surface area contributed by atoms with Crippen LogP contribution in [0.2, 0.25) is 0 Å². The second-order valence-electron chi connectivity index (χ2n) is 5.43. The third-order valence-corrected chi connectivity index (χ3v) is 3.98. The van der Waals surface area contributed by atoms with Gasteiger partial charge in [0, 0.05) is 6.61 Å². The van der Waals surface area contributed by atoms with Crippen LogP contribution in [-0.2, 0) is 4.79 Å². The van der Waals surface area contributed by atoms with E-state index < -0.39 is 11.9 Å². The summed E-state index contributed by atoms with van der Waals surface area (Å²) in [5.41, 5.74) is 17.5. The maximum atomic E-state index is 11.5. The molecule has 1 aromatic carbocycles. The third kappa shape index (κ3) is 4.96. The van der Waals surface area contributed by atoms with Crippen molar-refractivity contribution in [1.82, 2.24) is 15.5 Å². The van der Waals surface area contributed by atoms with Gasteiger partial charge in [-0.05, 0) is 24.1 Å². The molecule has 148 valence electrons. The van der Waals surface area contributed by atoms with Crippen molar-refractivity contribution in [2.75, 3.05) is 6.61 Å². The predicted octanol–water partition coefficient (Wildman–Crippen LogP) is -0.240. The van der Waals surface area contributed by atoms with Gasteiger partial charge < -0.3 is 38.0 Å². The number of phenols is 1. The Bertz CT molecular complexity index is 782. The van der Waals surface area contributed by atoms with Crippen LogP contribution in [-0.4, -0.2) is 33.6 Å². The van der Waals surface area contributed by atoms with E-state index >= 15 is 0 Å². The van der Waals surface area contributed by atoms with Gasteiger partial charge in [0.15, 0.2) is 0 Å². The van der Waals surface area contributed by atoms with E-state index in [0.29, 0.717) is 5.56 Å². The standard InChI is InChI=1S/C15H20ClN7O3.BrH/c16-11-13(18)23(12(17)10(22-11)14(19)26)15(20)21-9(5-6-24)7-1-3-8(25)4-2-7;/h1-4,9,22,24-25H,5-6,17-18H2,(H2,19,26)(H2,20,21);1H. The van der Waals surface area contributed by atoms with Gasteiger partial charge in [-0.25, -0.2) is 4.90 Å². The monoisotopic (exact) mass is 461 g/mol. The first-order valence-electron chi connectivity index (χ1n) is 7.53. The number of carbonyl (C=O) groups excluding carboxylic acids is 1. The lowest BCUT2D eigenvalue weighted by molar-refractivity contribution is -0.115. The number of nitrogens with two attached hydrogens (primary N) is 3. The molecule has 0 spiro atoms. The van der Waals surface area contributed by atoms with Crippen molar-refractivity contribution in [3.8, 4) is 5.75 Å². The first-order chi connectivity index (χ1) is 12.3. The Labute approximate surface area is 170 Å². The molecule has 27 heavy (non-hydrogen) atoms. The minimum absolute atomic E-state index is 0. The van der Waals surface area contributed by atoms with Crippen LogP contribution < -0.4 is 27.8 Å². The smallest absolute Gasteiger partial charge is 0.268 e. The van der Waals surface area contributed by atoms with Crippen LogP contribution in [0.15, 0.2) is 46.8 Å². The fourth-order valence-electron chi connectivity index (χ4n) is 2.39. The molecule has 1 heterocycles. The molecule has 1 amide bonds. The molecule has 1 aliphatic heterocycles. The largest absolute Gasteiger partial charge is 0.508 e. The Kier molecular flexibility index (Phi) is 7.76. The number of phenolic OH excluding ortho intramolecular Hbond substituents is 1. The summed E-state index contributed by atoms with van der Waals surface area (Å²) >= 11 is 5.95. The van der Waals surface area contributed by atoms with E-state index in [2.05, 4.69) is 10.6 Å². The van der Waals surface area contributed by atoms with E-state index in [4.69, 9.17) is 34.2 Å². The van der Waals surface area contributed by atoms with Gasteiger partial charge in [-0.15, -0.1) is 17.0 Å². The molecule has 12 heteroatoms. The van der Waals surface area contributed by atoms with Gasteiger partial charge in [0.2, 0.25) is 5.96 Å². The number of primary amides is 1. The summed E-state index contributed by atoms with van der Waals surface area (Å²) < 4.78 is 0. The number of amides is 1. The fraction of sp³-hybridized carbons (Fsp3) is 0.200. The molecule has 10 nitrogen and oxygen atoms in total. The molecule has 1 unspecified atom stereocenters. The number of aliphatic hydroxyl groups is 1. The number of aliphatic hydroxyl groups excluding tert-OH is 1. The number of aromatic hydroxyl groups is 1. The van der Waals surface area contributed by atoms with E-state index in [0.717, 1.165) is 4.90 Å². The highest BCUT2D eigenvalue weighted by Gasteiger charge is 2.30. The normalized spacial score (nSPS) is 15.0. The van der Waals surface area contributed by atoms with E-state index in [1.807, 2.05) is 0 Å². The number of benzene rings is 1. The van der Waals surface area contributed by atoms with Crippen molar-refractivity contribution in [2.24, 2.45) is 17.2 Å². The first kappa shape index (κ1) is 22.4. The van der Waals surface area contributed by atoms with Crippen molar-refractivity contribution < 1.29 is 15.0 Å². The van der Waals surface area contributed by atoms with Gasteiger partial charge in [-0.3, -0.25) is 10.2 Å². The summed E-state index contributed by atoms with van der Waals surface area (Å²) in [4.78, 5) is 12.5. The summed E-state index contributed by atoms with van der Waals surface area (Å²) in [7, 11) is 0. The van der Waals surface area contributed by atoms with E-state index in [9.17, 15) is 15.0 Å². The number of nitrogens with zero attached hydrogens (tertiary/aromatic N) is 1. The number of halogens is 2. The van der Waals surface area contributed by atoms with Crippen LogP contribution in [0.25, 0.3) is 0 Å². The molecule has 1 aromatic rings. The zero-order valence-electron chi connectivity index (χ0n) is 14.1. The second-order valence-corrected chi connectivity index (χ2v) is 5.81. The van der Waals surface area contributed by atoms with Gasteiger partial charge in [-0.1, -0.05) is 23.7 Å². The van der Waals surface area contributed by atoms with Crippen molar-refractivity contribution in [3.63, 3.8) is 0 Å². The number of rotatable bonds is 5. The van der Waals surface area contributed by atoms with Crippen molar-refractivity contribution >= 4 is 40.4 Å². The summed E-state index contributed by atoms with van der Waals surface area (Å²) in [6.45, 7) is -0.155. The molecule has 0 fully saturated rings. The molecule has 1 aliphatic rings. The molecular weight excluding hydrogens is 442 g/mol. The molecule has 0 aromatic heterocycles.